The minimum absolute atomic E-state index is 0.148. The molecule has 0 radical (unpaired) electrons. The number of hydrogen-bond donors (Lipinski definition) is 2. The van der Waals surface area contributed by atoms with Crippen LogP contribution in [0.1, 0.15) is 37.3 Å². The first-order chi connectivity index (χ1) is 10.6. The van der Waals surface area contributed by atoms with Crippen LogP contribution in [0.2, 0.25) is 0 Å². The SMILES string of the molecule is CCOCCCc1ccc(COCC(N)CCC(N)=O)cc1. The number of aryl methyl sites for hydroxylation is 1. The van der Waals surface area contributed by atoms with Gasteiger partial charge in [-0.2, -0.15) is 0 Å². The van der Waals surface area contributed by atoms with Gasteiger partial charge in [0, 0.05) is 25.7 Å². The fraction of sp³-hybridized carbons (Fsp3) is 0.588. The lowest BCUT2D eigenvalue weighted by Crippen LogP contribution is -2.28. The second kappa shape index (κ2) is 11.2. The zero-order chi connectivity index (χ0) is 16.2. The Morgan fingerprint density at radius 3 is 2.50 bits per heavy atom. The van der Waals surface area contributed by atoms with E-state index in [1.54, 1.807) is 0 Å². The van der Waals surface area contributed by atoms with E-state index in [2.05, 4.69) is 24.3 Å². The molecule has 5 nitrogen and oxygen atoms in total. The van der Waals surface area contributed by atoms with Gasteiger partial charge in [0.2, 0.25) is 5.91 Å². The molecule has 124 valence electrons. The van der Waals surface area contributed by atoms with Gasteiger partial charge in [0.05, 0.1) is 13.2 Å². The van der Waals surface area contributed by atoms with E-state index < -0.39 is 0 Å². The number of hydrogen-bond acceptors (Lipinski definition) is 4. The molecule has 0 aliphatic heterocycles. The molecule has 0 aliphatic rings. The highest BCUT2D eigenvalue weighted by molar-refractivity contribution is 5.73. The van der Waals surface area contributed by atoms with Crippen molar-refractivity contribution in [1.29, 1.82) is 0 Å². The van der Waals surface area contributed by atoms with E-state index in [0.717, 1.165) is 31.6 Å². The summed E-state index contributed by atoms with van der Waals surface area (Å²) in [5.74, 6) is -0.324. The average molecular weight is 308 g/mol. The Bertz CT molecular complexity index is 420. The van der Waals surface area contributed by atoms with Crippen LogP contribution in [0, 0.1) is 0 Å². The Kier molecular flexibility index (Phi) is 9.46. The summed E-state index contributed by atoms with van der Waals surface area (Å²) in [7, 11) is 0. The van der Waals surface area contributed by atoms with Crippen molar-refractivity contribution in [3.63, 3.8) is 0 Å². The van der Waals surface area contributed by atoms with Gasteiger partial charge < -0.3 is 20.9 Å². The van der Waals surface area contributed by atoms with Crippen LogP contribution >= 0.6 is 0 Å². The Hall–Kier alpha value is -1.43. The van der Waals surface area contributed by atoms with Crippen molar-refractivity contribution < 1.29 is 14.3 Å². The van der Waals surface area contributed by atoms with Crippen molar-refractivity contribution in [2.45, 2.75) is 45.3 Å². The lowest BCUT2D eigenvalue weighted by Gasteiger charge is -2.11. The molecule has 0 saturated carbocycles. The van der Waals surface area contributed by atoms with E-state index in [1.807, 2.05) is 6.92 Å². The molecule has 1 amide bonds. The van der Waals surface area contributed by atoms with Crippen molar-refractivity contribution in [1.82, 2.24) is 0 Å². The number of nitrogens with two attached hydrogens (primary N) is 2. The molecule has 1 rings (SSSR count). The minimum Gasteiger partial charge on any atom is -0.382 e. The Morgan fingerprint density at radius 2 is 1.86 bits per heavy atom. The van der Waals surface area contributed by atoms with Crippen molar-refractivity contribution >= 4 is 5.91 Å². The van der Waals surface area contributed by atoms with E-state index in [1.165, 1.54) is 5.56 Å². The zero-order valence-electron chi connectivity index (χ0n) is 13.4. The molecule has 0 fully saturated rings. The Balaban J connectivity index is 2.19. The highest BCUT2D eigenvalue weighted by Crippen LogP contribution is 2.08. The van der Waals surface area contributed by atoms with Gasteiger partial charge in [-0.3, -0.25) is 4.79 Å². The number of carbonyl (C=O) groups is 1. The van der Waals surface area contributed by atoms with Crippen LogP contribution in [0.3, 0.4) is 0 Å². The maximum Gasteiger partial charge on any atom is 0.217 e. The average Bonchev–Trinajstić information content (AvgIpc) is 2.51. The van der Waals surface area contributed by atoms with Crippen molar-refractivity contribution in [2.24, 2.45) is 11.5 Å². The first kappa shape index (κ1) is 18.6. The first-order valence-electron chi connectivity index (χ1n) is 7.89. The van der Waals surface area contributed by atoms with E-state index >= 15 is 0 Å². The summed E-state index contributed by atoms with van der Waals surface area (Å²) >= 11 is 0. The summed E-state index contributed by atoms with van der Waals surface area (Å²) in [6, 6.07) is 8.25. The van der Waals surface area contributed by atoms with Gasteiger partial charge in [0.1, 0.15) is 0 Å². The molecular formula is C17H28N2O3. The predicted molar refractivity (Wildman–Crippen MR) is 87.3 cm³/mol. The van der Waals surface area contributed by atoms with E-state index in [-0.39, 0.29) is 11.9 Å². The molecular weight excluding hydrogens is 280 g/mol. The van der Waals surface area contributed by atoms with Gasteiger partial charge in [0.15, 0.2) is 0 Å². The maximum atomic E-state index is 10.7. The summed E-state index contributed by atoms with van der Waals surface area (Å²) < 4.78 is 10.9. The second-order valence-corrected chi connectivity index (χ2v) is 5.40. The van der Waals surface area contributed by atoms with E-state index in [4.69, 9.17) is 20.9 Å². The summed E-state index contributed by atoms with van der Waals surface area (Å²) in [6.07, 6.45) is 2.94. The molecule has 0 saturated heterocycles. The number of amides is 1. The maximum absolute atomic E-state index is 10.7. The standard InChI is InChI=1S/C17H28N2O3/c1-2-21-11-3-4-14-5-7-15(8-6-14)12-22-13-16(18)9-10-17(19)20/h5-8,16H,2-4,9-13,18H2,1H3,(H2,19,20). The van der Waals surface area contributed by atoms with Gasteiger partial charge in [-0.25, -0.2) is 0 Å². The number of rotatable bonds is 12. The third kappa shape index (κ3) is 8.77. The summed E-state index contributed by atoms with van der Waals surface area (Å²) in [6.45, 7) is 4.56. The van der Waals surface area contributed by atoms with Crippen molar-refractivity contribution in [3.05, 3.63) is 35.4 Å². The normalized spacial score (nSPS) is 12.3. The van der Waals surface area contributed by atoms with E-state index in [0.29, 0.717) is 26.1 Å². The van der Waals surface area contributed by atoms with Gasteiger partial charge >= 0.3 is 0 Å². The Labute approximate surface area is 133 Å². The fourth-order valence-corrected chi connectivity index (χ4v) is 2.06. The zero-order valence-corrected chi connectivity index (χ0v) is 13.4. The fourth-order valence-electron chi connectivity index (χ4n) is 2.06. The molecule has 0 bridgehead atoms. The molecule has 22 heavy (non-hydrogen) atoms. The van der Waals surface area contributed by atoms with Gasteiger partial charge in [-0.1, -0.05) is 24.3 Å². The number of primary amides is 1. The lowest BCUT2D eigenvalue weighted by atomic mass is 10.1. The highest BCUT2D eigenvalue weighted by atomic mass is 16.5. The van der Waals surface area contributed by atoms with Crippen molar-refractivity contribution in [3.8, 4) is 0 Å². The molecule has 0 spiro atoms. The Morgan fingerprint density at radius 1 is 1.18 bits per heavy atom. The second-order valence-electron chi connectivity index (χ2n) is 5.40. The van der Waals surface area contributed by atoms with Crippen LogP contribution in [0.5, 0.6) is 0 Å². The van der Waals surface area contributed by atoms with Crippen LogP contribution in [0.15, 0.2) is 24.3 Å². The van der Waals surface area contributed by atoms with Crippen LogP contribution in [-0.2, 0) is 27.3 Å². The van der Waals surface area contributed by atoms with Gasteiger partial charge in [-0.15, -0.1) is 0 Å². The molecule has 1 unspecified atom stereocenters. The van der Waals surface area contributed by atoms with Crippen LogP contribution in [-0.4, -0.2) is 31.8 Å². The number of carbonyl (C=O) groups excluding carboxylic acids is 1. The van der Waals surface area contributed by atoms with Crippen LogP contribution in [0.4, 0.5) is 0 Å². The molecule has 4 N–H and O–H groups in total. The molecule has 1 aromatic carbocycles. The van der Waals surface area contributed by atoms with E-state index in [9.17, 15) is 4.79 Å². The molecule has 1 aromatic rings. The topological polar surface area (TPSA) is 87.6 Å². The quantitative estimate of drug-likeness (QED) is 0.576. The summed E-state index contributed by atoms with van der Waals surface area (Å²) in [5.41, 5.74) is 13.4. The van der Waals surface area contributed by atoms with Gasteiger partial charge in [0.25, 0.3) is 0 Å². The largest absolute Gasteiger partial charge is 0.382 e. The van der Waals surface area contributed by atoms with Crippen LogP contribution in [0.25, 0.3) is 0 Å². The smallest absolute Gasteiger partial charge is 0.217 e. The lowest BCUT2D eigenvalue weighted by molar-refractivity contribution is -0.118. The monoisotopic (exact) mass is 308 g/mol. The molecule has 1 atom stereocenters. The highest BCUT2D eigenvalue weighted by Gasteiger charge is 2.05. The van der Waals surface area contributed by atoms with Crippen molar-refractivity contribution in [2.75, 3.05) is 19.8 Å². The molecule has 0 heterocycles. The predicted octanol–water partition coefficient (Wildman–Crippen LogP) is 1.77. The minimum atomic E-state index is -0.324. The summed E-state index contributed by atoms with van der Waals surface area (Å²) in [5, 5.41) is 0. The third-order valence-corrected chi connectivity index (χ3v) is 3.34. The first-order valence-corrected chi connectivity index (χ1v) is 7.89. The molecule has 0 aliphatic carbocycles. The van der Waals surface area contributed by atoms with Gasteiger partial charge in [-0.05, 0) is 37.3 Å². The molecule has 0 aromatic heterocycles. The number of ether oxygens (including phenoxy) is 2. The molecule has 5 heteroatoms. The summed E-state index contributed by atoms with van der Waals surface area (Å²) in [4.78, 5) is 10.7. The third-order valence-electron chi connectivity index (χ3n) is 3.34. The van der Waals surface area contributed by atoms with Crippen LogP contribution < -0.4 is 11.5 Å². The number of benzene rings is 1.